The van der Waals surface area contributed by atoms with Crippen molar-refractivity contribution in [2.24, 2.45) is 0 Å². The van der Waals surface area contributed by atoms with Crippen LogP contribution in [-0.2, 0) is 12.0 Å². The summed E-state index contributed by atoms with van der Waals surface area (Å²) in [4.78, 5) is 0. The van der Waals surface area contributed by atoms with Crippen molar-refractivity contribution >= 4 is 0 Å². The van der Waals surface area contributed by atoms with Gasteiger partial charge in [-0.15, -0.1) is 0 Å². The van der Waals surface area contributed by atoms with Gasteiger partial charge in [0.25, 0.3) is 5.95 Å². The topological polar surface area (TPSA) is 30.7 Å². The minimum atomic E-state index is -0.428. The Morgan fingerprint density at radius 1 is 1.19 bits per heavy atom. The minimum absolute atomic E-state index is 0.238. The number of unbranched alkanes of at least 4 members (excludes halogenated alkanes) is 3. The van der Waals surface area contributed by atoms with Crippen molar-refractivity contribution in [1.82, 2.24) is 15.0 Å². The lowest BCUT2D eigenvalue weighted by Crippen LogP contribution is -2.20. The Morgan fingerprint density at radius 2 is 1.88 bits per heavy atom. The molecule has 0 unspecified atom stereocenters. The monoisotopic (exact) mass is 227 g/mol. The van der Waals surface area contributed by atoms with Crippen molar-refractivity contribution in [3.8, 4) is 0 Å². The number of hydrogen-bond acceptors (Lipinski definition) is 2. The Labute approximate surface area is 97.0 Å². The second-order valence-corrected chi connectivity index (χ2v) is 5.26. The summed E-state index contributed by atoms with van der Waals surface area (Å²) < 4.78 is 15.2. The Morgan fingerprint density at radius 3 is 2.44 bits per heavy atom. The summed E-state index contributed by atoms with van der Waals surface area (Å²) in [6.07, 6.45) is 4.64. The SMILES string of the molecule is CCCCCCn1nnc(F)c1C(C)(C)C. The second kappa shape index (κ2) is 5.41. The molecule has 0 bridgehead atoms. The zero-order valence-corrected chi connectivity index (χ0v) is 10.8. The molecule has 0 saturated carbocycles. The minimum Gasteiger partial charge on any atom is -0.246 e. The maximum absolute atomic E-state index is 13.5. The average molecular weight is 227 g/mol. The molecule has 0 aromatic carbocycles. The van der Waals surface area contributed by atoms with Crippen LogP contribution in [0.25, 0.3) is 0 Å². The lowest BCUT2D eigenvalue weighted by molar-refractivity contribution is 0.442. The van der Waals surface area contributed by atoms with Crippen LogP contribution in [0.4, 0.5) is 4.39 Å². The molecule has 0 radical (unpaired) electrons. The molecule has 1 heterocycles. The Bertz CT molecular complexity index is 325. The molecule has 0 atom stereocenters. The van der Waals surface area contributed by atoms with Crippen LogP contribution in [0, 0.1) is 5.95 Å². The summed E-state index contributed by atoms with van der Waals surface area (Å²) in [6, 6.07) is 0. The van der Waals surface area contributed by atoms with Crippen LogP contribution >= 0.6 is 0 Å². The Balaban J connectivity index is 2.66. The summed E-state index contributed by atoms with van der Waals surface area (Å²) in [5.41, 5.74) is 0.377. The lowest BCUT2D eigenvalue weighted by Gasteiger charge is -2.19. The molecule has 0 amide bonds. The number of nitrogens with zero attached hydrogens (tertiary/aromatic N) is 3. The van der Waals surface area contributed by atoms with E-state index in [1.807, 2.05) is 20.8 Å². The van der Waals surface area contributed by atoms with Gasteiger partial charge in [-0.3, -0.25) is 0 Å². The molecule has 92 valence electrons. The van der Waals surface area contributed by atoms with Gasteiger partial charge >= 0.3 is 0 Å². The van der Waals surface area contributed by atoms with E-state index in [1.165, 1.54) is 19.3 Å². The van der Waals surface area contributed by atoms with Crippen molar-refractivity contribution < 1.29 is 4.39 Å². The third-order valence-corrected chi connectivity index (χ3v) is 2.63. The molecule has 4 heteroatoms. The average Bonchev–Trinajstić information content (AvgIpc) is 2.54. The summed E-state index contributed by atoms with van der Waals surface area (Å²) in [5, 5.41) is 7.40. The van der Waals surface area contributed by atoms with E-state index in [4.69, 9.17) is 0 Å². The predicted molar refractivity (Wildman–Crippen MR) is 62.8 cm³/mol. The third kappa shape index (κ3) is 3.29. The summed E-state index contributed by atoms with van der Waals surface area (Å²) in [5.74, 6) is -0.428. The molecular formula is C12H22FN3. The Kier molecular flexibility index (Phi) is 4.44. The van der Waals surface area contributed by atoms with Crippen LogP contribution in [0.2, 0.25) is 0 Å². The van der Waals surface area contributed by atoms with Gasteiger partial charge in [-0.1, -0.05) is 57.3 Å². The molecule has 0 aliphatic rings. The van der Waals surface area contributed by atoms with Gasteiger partial charge in [0, 0.05) is 12.0 Å². The molecule has 0 spiro atoms. The second-order valence-electron chi connectivity index (χ2n) is 5.26. The van der Waals surface area contributed by atoms with E-state index < -0.39 is 5.95 Å². The zero-order chi connectivity index (χ0) is 12.2. The highest BCUT2D eigenvalue weighted by Gasteiger charge is 2.25. The van der Waals surface area contributed by atoms with E-state index in [-0.39, 0.29) is 5.41 Å². The molecule has 0 saturated heterocycles. The molecular weight excluding hydrogens is 205 g/mol. The summed E-state index contributed by atoms with van der Waals surface area (Å²) >= 11 is 0. The number of aryl methyl sites for hydroxylation is 1. The van der Waals surface area contributed by atoms with Gasteiger partial charge in [0.15, 0.2) is 0 Å². The number of aromatic nitrogens is 3. The maximum atomic E-state index is 13.5. The van der Waals surface area contributed by atoms with E-state index in [2.05, 4.69) is 17.2 Å². The van der Waals surface area contributed by atoms with Crippen molar-refractivity contribution in [1.29, 1.82) is 0 Å². The number of rotatable bonds is 5. The normalized spacial score (nSPS) is 12.1. The highest BCUT2D eigenvalue weighted by molar-refractivity contribution is 5.10. The van der Waals surface area contributed by atoms with E-state index in [9.17, 15) is 4.39 Å². The molecule has 1 rings (SSSR count). The first-order valence-corrected chi connectivity index (χ1v) is 6.06. The van der Waals surface area contributed by atoms with Crippen LogP contribution in [0.1, 0.15) is 59.1 Å². The number of hydrogen-bond donors (Lipinski definition) is 0. The van der Waals surface area contributed by atoms with Crippen molar-refractivity contribution in [3.05, 3.63) is 11.6 Å². The van der Waals surface area contributed by atoms with E-state index in [1.54, 1.807) is 4.68 Å². The maximum Gasteiger partial charge on any atom is 0.256 e. The van der Waals surface area contributed by atoms with Gasteiger partial charge in [0.2, 0.25) is 0 Å². The lowest BCUT2D eigenvalue weighted by atomic mass is 9.92. The van der Waals surface area contributed by atoms with Gasteiger partial charge in [-0.2, -0.15) is 4.39 Å². The van der Waals surface area contributed by atoms with E-state index in [0.29, 0.717) is 5.69 Å². The summed E-state index contributed by atoms with van der Waals surface area (Å²) in [6.45, 7) is 8.89. The van der Waals surface area contributed by atoms with Crippen LogP contribution in [0.15, 0.2) is 0 Å². The van der Waals surface area contributed by atoms with E-state index >= 15 is 0 Å². The first kappa shape index (κ1) is 13.1. The molecule has 3 nitrogen and oxygen atoms in total. The fourth-order valence-electron chi connectivity index (χ4n) is 1.83. The molecule has 0 N–H and O–H groups in total. The van der Waals surface area contributed by atoms with Gasteiger partial charge in [-0.05, 0) is 6.42 Å². The number of halogens is 1. The first-order valence-electron chi connectivity index (χ1n) is 6.06. The smallest absolute Gasteiger partial charge is 0.246 e. The molecule has 0 aliphatic carbocycles. The fourth-order valence-corrected chi connectivity index (χ4v) is 1.83. The zero-order valence-electron chi connectivity index (χ0n) is 10.8. The van der Waals surface area contributed by atoms with Crippen molar-refractivity contribution in [3.63, 3.8) is 0 Å². The van der Waals surface area contributed by atoms with Crippen LogP contribution < -0.4 is 0 Å². The van der Waals surface area contributed by atoms with Crippen LogP contribution in [0.3, 0.4) is 0 Å². The highest BCUT2D eigenvalue weighted by atomic mass is 19.1. The third-order valence-electron chi connectivity index (χ3n) is 2.63. The van der Waals surface area contributed by atoms with Crippen molar-refractivity contribution in [2.45, 2.75) is 65.3 Å². The quantitative estimate of drug-likeness (QED) is 0.723. The predicted octanol–water partition coefficient (Wildman–Crippen LogP) is 3.30. The highest BCUT2D eigenvalue weighted by Crippen LogP contribution is 2.23. The van der Waals surface area contributed by atoms with Gasteiger partial charge < -0.3 is 0 Å². The van der Waals surface area contributed by atoms with E-state index in [0.717, 1.165) is 13.0 Å². The van der Waals surface area contributed by atoms with Crippen molar-refractivity contribution in [2.75, 3.05) is 0 Å². The first-order chi connectivity index (χ1) is 7.46. The molecule has 1 aromatic rings. The summed E-state index contributed by atoms with van der Waals surface area (Å²) in [7, 11) is 0. The van der Waals surface area contributed by atoms with Gasteiger partial charge in [0.1, 0.15) is 5.69 Å². The molecule has 1 aromatic heterocycles. The molecule has 0 aliphatic heterocycles. The van der Waals surface area contributed by atoms with Crippen LogP contribution in [0.5, 0.6) is 0 Å². The Hall–Kier alpha value is -0.930. The fraction of sp³-hybridized carbons (Fsp3) is 0.833. The van der Waals surface area contributed by atoms with Gasteiger partial charge in [0.05, 0.1) is 0 Å². The molecule has 0 fully saturated rings. The van der Waals surface area contributed by atoms with Crippen LogP contribution in [-0.4, -0.2) is 15.0 Å². The standard InChI is InChI=1S/C12H22FN3/c1-5-6-7-8-9-16-10(12(2,3)4)11(13)14-15-16/h5-9H2,1-4H3. The van der Waals surface area contributed by atoms with Gasteiger partial charge in [-0.25, -0.2) is 4.68 Å². The molecule has 16 heavy (non-hydrogen) atoms. The largest absolute Gasteiger partial charge is 0.256 e.